The average Bonchev–Trinajstić information content (AvgIpc) is 3.08. The van der Waals surface area contributed by atoms with Gasteiger partial charge in [-0.25, -0.2) is 4.39 Å². The second-order valence-corrected chi connectivity index (χ2v) is 4.92. The zero-order chi connectivity index (χ0) is 18.5. The Labute approximate surface area is 145 Å². The molecule has 0 atom stereocenters. The summed E-state index contributed by atoms with van der Waals surface area (Å²) in [5.41, 5.74) is 0.0891. The van der Waals surface area contributed by atoms with Crippen LogP contribution in [0.1, 0.15) is 15.9 Å². The number of anilines is 1. The number of nitro benzene ring substituents is 1. The van der Waals surface area contributed by atoms with Gasteiger partial charge in [-0.15, -0.1) is 0 Å². The summed E-state index contributed by atoms with van der Waals surface area (Å²) in [5.74, 6) is -1.28. The zero-order valence-corrected chi connectivity index (χ0v) is 13.0. The number of amides is 1. The van der Waals surface area contributed by atoms with Gasteiger partial charge in [-0.1, -0.05) is 34.2 Å². The van der Waals surface area contributed by atoms with Crippen molar-refractivity contribution < 1.29 is 14.1 Å². The van der Waals surface area contributed by atoms with Crippen molar-refractivity contribution in [3.05, 3.63) is 75.6 Å². The van der Waals surface area contributed by atoms with Gasteiger partial charge < -0.3 is 0 Å². The third-order valence-corrected chi connectivity index (χ3v) is 3.21. The lowest BCUT2D eigenvalue weighted by molar-refractivity contribution is -0.385. The van der Waals surface area contributed by atoms with E-state index in [0.29, 0.717) is 5.56 Å². The Morgan fingerprint density at radius 3 is 2.69 bits per heavy atom. The van der Waals surface area contributed by atoms with Crippen LogP contribution < -0.4 is 5.32 Å². The molecule has 3 rings (SSSR count). The Morgan fingerprint density at radius 2 is 1.96 bits per heavy atom. The number of halogens is 1. The first kappa shape index (κ1) is 16.8. The fourth-order valence-corrected chi connectivity index (χ4v) is 2.00. The third-order valence-electron chi connectivity index (χ3n) is 3.21. The van der Waals surface area contributed by atoms with Gasteiger partial charge >= 0.3 is 0 Å². The number of hydrogen-bond donors (Lipinski definition) is 1. The van der Waals surface area contributed by atoms with Crippen molar-refractivity contribution in [2.24, 2.45) is 5.10 Å². The molecule has 0 aliphatic carbocycles. The van der Waals surface area contributed by atoms with Gasteiger partial charge in [0.1, 0.15) is 11.4 Å². The number of para-hydroxylation sites is 1. The van der Waals surface area contributed by atoms with Crippen molar-refractivity contribution in [2.45, 2.75) is 0 Å². The Kier molecular flexibility index (Phi) is 4.69. The van der Waals surface area contributed by atoms with Gasteiger partial charge in [-0.3, -0.25) is 20.2 Å². The molecule has 1 aromatic heterocycles. The van der Waals surface area contributed by atoms with Crippen LogP contribution in [0.25, 0.3) is 0 Å². The zero-order valence-electron chi connectivity index (χ0n) is 13.0. The number of carbonyl (C=O) groups is 1. The fourth-order valence-electron chi connectivity index (χ4n) is 2.00. The highest BCUT2D eigenvalue weighted by atomic mass is 19.1. The summed E-state index contributed by atoms with van der Waals surface area (Å²) in [5, 5.41) is 27.9. The Morgan fingerprint density at radius 1 is 1.23 bits per heavy atom. The topological polar surface area (TPSA) is 128 Å². The molecule has 0 unspecified atom stereocenters. The maximum Gasteiger partial charge on any atom is 0.282 e. The van der Waals surface area contributed by atoms with Crippen LogP contribution in [0.4, 0.5) is 16.0 Å². The molecule has 0 radical (unpaired) electrons. The molecule has 11 heteroatoms. The maximum atomic E-state index is 12.9. The number of nitro groups is 1. The van der Waals surface area contributed by atoms with Crippen molar-refractivity contribution in [1.82, 2.24) is 20.3 Å². The van der Waals surface area contributed by atoms with Crippen molar-refractivity contribution >= 4 is 23.8 Å². The van der Waals surface area contributed by atoms with Gasteiger partial charge in [-0.05, 0) is 34.2 Å². The Bertz CT molecular complexity index is 985. The van der Waals surface area contributed by atoms with E-state index in [4.69, 9.17) is 0 Å². The molecule has 130 valence electrons. The second-order valence-electron chi connectivity index (χ2n) is 4.92. The minimum absolute atomic E-state index is 0.133. The SMILES string of the molecule is O=C(Nc1nnnn1N=Cc1ccc(F)cc1)c1ccccc1[N+](=O)[O-]. The summed E-state index contributed by atoms with van der Waals surface area (Å²) in [6.45, 7) is 0. The van der Waals surface area contributed by atoms with Gasteiger partial charge in [0.2, 0.25) is 0 Å². The summed E-state index contributed by atoms with van der Waals surface area (Å²) < 4.78 is 12.9. The van der Waals surface area contributed by atoms with E-state index >= 15 is 0 Å². The van der Waals surface area contributed by atoms with Crippen molar-refractivity contribution in [2.75, 3.05) is 5.32 Å². The maximum absolute atomic E-state index is 12.9. The Hall–Kier alpha value is -4.02. The van der Waals surface area contributed by atoms with Gasteiger partial charge in [0.15, 0.2) is 0 Å². The first-order valence-corrected chi connectivity index (χ1v) is 7.17. The minimum atomic E-state index is -0.759. The average molecular weight is 355 g/mol. The number of carbonyl (C=O) groups excluding carboxylic acids is 1. The fraction of sp³-hybridized carbons (Fsp3) is 0. The first-order valence-electron chi connectivity index (χ1n) is 7.17. The summed E-state index contributed by atoms with van der Waals surface area (Å²) in [6.07, 6.45) is 1.36. The van der Waals surface area contributed by atoms with Gasteiger partial charge in [0.25, 0.3) is 17.5 Å². The highest BCUT2D eigenvalue weighted by Crippen LogP contribution is 2.18. The van der Waals surface area contributed by atoms with E-state index in [1.165, 1.54) is 54.7 Å². The van der Waals surface area contributed by atoms with Gasteiger partial charge in [-0.2, -0.15) is 5.10 Å². The van der Waals surface area contributed by atoms with Crippen molar-refractivity contribution in [3.63, 3.8) is 0 Å². The smallest absolute Gasteiger partial charge is 0.282 e. The molecular weight excluding hydrogens is 345 g/mol. The molecule has 0 saturated carbocycles. The lowest BCUT2D eigenvalue weighted by Gasteiger charge is -2.03. The monoisotopic (exact) mass is 355 g/mol. The number of hydrogen-bond acceptors (Lipinski definition) is 7. The molecule has 1 amide bonds. The molecule has 26 heavy (non-hydrogen) atoms. The summed E-state index contributed by atoms with van der Waals surface area (Å²) >= 11 is 0. The van der Waals surface area contributed by atoms with E-state index in [1.807, 2.05) is 0 Å². The normalized spacial score (nSPS) is 10.8. The predicted octanol–water partition coefficient (Wildman–Crippen LogP) is 1.85. The standard InChI is InChI=1S/C15H10FN7O3/c16-11-7-5-10(6-8-11)9-17-22-15(19-20-21-22)18-14(24)12-3-1-2-4-13(12)23(25)26/h1-9H,(H,18,19,21,24). The molecule has 3 aromatic rings. The lowest BCUT2D eigenvalue weighted by Crippen LogP contribution is -2.16. The molecule has 10 nitrogen and oxygen atoms in total. The van der Waals surface area contributed by atoms with E-state index in [9.17, 15) is 19.3 Å². The molecular formula is C15H10FN7O3. The van der Waals surface area contributed by atoms with E-state index in [0.717, 1.165) is 4.79 Å². The van der Waals surface area contributed by atoms with E-state index in [1.54, 1.807) is 0 Å². The number of benzene rings is 2. The largest absolute Gasteiger partial charge is 0.287 e. The van der Waals surface area contributed by atoms with Crippen LogP contribution in [0.3, 0.4) is 0 Å². The molecule has 1 heterocycles. The molecule has 0 saturated heterocycles. The molecule has 2 aromatic carbocycles. The quantitative estimate of drug-likeness (QED) is 0.422. The van der Waals surface area contributed by atoms with Crippen LogP contribution in [0.5, 0.6) is 0 Å². The highest BCUT2D eigenvalue weighted by Gasteiger charge is 2.21. The number of rotatable bonds is 5. The second kappa shape index (κ2) is 7.25. The van der Waals surface area contributed by atoms with E-state index < -0.39 is 10.8 Å². The molecule has 0 aliphatic rings. The van der Waals surface area contributed by atoms with Gasteiger partial charge in [0, 0.05) is 6.07 Å². The van der Waals surface area contributed by atoms with Crippen LogP contribution in [0.15, 0.2) is 53.6 Å². The lowest BCUT2D eigenvalue weighted by atomic mass is 10.1. The highest BCUT2D eigenvalue weighted by molar-refractivity contribution is 6.06. The minimum Gasteiger partial charge on any atom is -0.287 e. The predicted molar refractivity (Wildman–Crippen MR) is 88.3 cm³/mol. The number of nitrogens with one attached hydrogen (secondary N) is 1. The molecule has 0 bridgehead atoms. The van der Waals surface area contributed by atoms with Crippen LogP contribution in [-0.4, -0.2) is 37.4 Å². The van der Waals surface area contributed by atoms with E-state index in [-0.39, 0.29) is 23.0 Å². The molecule has 1 N–H and O–H groups in total. The molecule has 0 aliphatic heterocycles. The Balaban J connectivity index is 1.80. The van der Waals surface area contributed by atoms with E-state index in [2.05, 4.69) is 25.9 Å². The molecule has 0 spiro atoms. The number of tetrazole rings is 1. The summed E-state index contributed by atoms with van der Waals surface area (Å²) in [4.78, 5) is 23.6. The summed E-state index contributed by atoms with van der Waals surface area (Å²) in [7, 11) is 0. The van der Waals surface area contributed by atoms with Crippen LogP contribution in [0, 0.1) is 15.9 Å². The van der Waals surface area contributed by atoms with Crippen molar-refractivity contribution in [1.29, 1.82) is 0 Å². The third kappa shape index (κ3) is 3.72. The molecule has 0 fully saturated rings. The van der Waals surface area contributed by atoms with Crippen molar-refractivity contribution in [3.8, 4) is 0 Å². The van der Waals surface area contributed by atoms with Crippen LogP contribution >= 0.6 is 0 Å². The van der Waals surface area contributed by atoms with Gasteiger partial charge in [0.05, 0.1) is 11.1 Å². The summed E-state index contributed by atoms with van der Waals surface area (Å²) in [6, 6.07) is 11.0. The van der Waals surface area contributed by atoms with Crippen LogP contribution in [-0.2, 0) is 0 Å². The number of aromatic nitrogens is 4. The first-order chi connectivity index (χ1) is 12.5. The number of nitrogens with zero attached hydrogens (tertiary/aromatic N) is 6. The van der Waals surface area contributed by atoms with Crippen LogP contribution in [0.2, 0.25) is 0 Å².